The van der Waals surface area contributed by atoms with Gasteiger partial charge < -0.3 is 9.47 Å². The lowest BCUT2D eigenvalue weighted by Crippen LogP contribution is -2.06. The summed E-state index contributed by atoms with van der Waals surface area (Å²) >= 11 is 0. The molecule has 0 aliphatic heterocycles. The maximum absolute atomic E-state index is 8.55. The smallest absolute Gasteiger partial charge is 0.123 e. The minimum atomic E-state index is 0.329. The summed E-state index contributed by atoms with van der Waals surface area (Å²) in [6, 6.07) is 9.61. The van der Waals surface area contributed by atoms with Crippen LogP contribution in [0.15, 0.2) is 18.2 Å². The molecule has 0 N–H and O–H groups in total. The number of unbranched alkanes of at least 4 members (excludes halogenated alkanes) is 1. The highest BCUT2D eigenvalue weighted by atomic mass is 16.5. The molecule has 0 aromatic heterocycles. The summed E-state index contributed by atoms with van der Waals surface area (Å²) in [6.45, 7) is 9.41. The van der Waals surface area contributed by atoms with Crippen molar-refractivity contribution in [2.45, 2.75) is 66.2 Å². The largest absolute Gasteiger partial charge is 0.496 e. The fourth-order valence-corrected chi connectivity index (χ4v) is 2.36. The minimum Gasteiger partial charge on any atom is -0.496 e. The zero-order valence-electron chi connectivity index (χ0n) is 17.5. The molecule has 0 aliphatic carbocycles. The molecule has 0 saturated carbocycles. The van der Waals surface area contributed by atoms with E-state index in [9.17, 15) is 0 Å². The first-order valence-electron chi connectivity index (χ1n) is 9.55. The maximum Gasteiger partial charge on any atom is 0.123 e. The molecular weight excluding hydrogens is 324 g/mol. The van der Waals surface area contributed by atoms with Crippen molar-refractivity contribution >= 4 is 0 Å². The standard InChI is InChI=1S/C11H10N2O.C9H20O.C2H6/c1-14-11-8-9(4-6-12)2-3-10(11)5-7-13;1-4-6-7-9(5-2)8-10-3;1-2/h2-3,8H,4-5H2,1H3;9H,4-8H2,1-3H3;1-2H3. The van der Waals surface area contributed by atoms with Crippen LogP contribution in [-0.4, -0.2) is 20.8 Å². The third-order valence-electron chi connectivity index (χ3n) is 3.85. The highest BCUT2D eigenvalue weighted by Gasteiger charge is 2.04. The molecule has 0 radical (unpaired) electrons. The molecule has 1 atom stereocenters. The lowest BCUT2D eigenvalue weighted by atomic mass is 10.0. The van der Waals surface area contributed by atoms with Gasteiger partial charge in [0.1, 0.15) is 5.75 Å². The molecule has 4 nitrogen and oxygen atoms in total. The zero-order chi connectivity index (χ0) is 20.2. The fraction of sp³-hybridized carbons (Fsp3) is 0.636. The van der Waals surface area contributed by atoms with Gasteiger partial charge in [-0.1, -0.05) is 59.1 Å². The quantitative estimate of drug-likeness (QED) is 0.566. The van der Waals surface area contributed by atoms with Gasteiger partial charge in [-0.05, 0) is 24.0 Å². The SMILES string of the molecule is CC.CCCCC(CC)COC.COc1cc(CC#N)ccc1CC#N. The minimum absolute atomic E-state index is 0.329. The Hall–Kier alpha value is -2.04. The molecule has 0 spiro atoms. The van der Waals surface area contributed by atoms with Crippen LogP contribution in [0.25, 0.3) is 0 Å². The molecule has 1 aromatic carbocycles. The van der Waals surface area contributed by atoms with Crippen LogP contribution in [-0.2, 0) is 17.6 Å². The van der Waals surface area contributed by atoms with Crippen molar-refractivity contribution in [1.82, 2.24) is 0 Å². The van der Waals surface area contributed by atoms with E-state index in [4.69, 9.17) is 20.0 Å². The van der Waals surface area contributed by atoms with Crippen molar-refractivity contribution in [2.24, 2.45) is 5.92 Å². The number of benzene rings is 1. The Morgan fingerprint density at radius 1 is 1.04 bits per heavy atom. The Morgan fingerprint density at radius 3 is 2.15 bits per heavy atom. The van der Waals surface area contributed by atoms with Crippen LogP contribution in [0, 0.1) is 28.6 Å². The molecular formula is C22H36N2O2. The number of nitriles is 2. The van der Waals surface area contributed by atoms with Crippen molar-refractivity contribution in [3.05, 3.63) is 29.3 Å². The van der Waals surface area contributed by atoms with Crippen LogP contribution in [0.5, 0.6) is 5.75 Å². The summed E-state index contributed by atoms with van der Waals surface area (Å²) in [6.07, 6.45) is 5.94. The maximum atomic E-state index is 8.55. The van der Waals surface area contributed by atoms with E-state index in [1.165, 1.54) is 25.7 Å². The lowest BCUT2D eigenvalue weighted by molar-refractivity contribution is 0.144. The summed E-state index contributed by atoms with van der Waals surface area (Å²) in [5.41, 5.74) is 1.77. The third kappa shape index (κ3) is 12.3. The van der Waals surface area contributed by atoms with Gasteiger partial charge in [-0.15, -0.1) is 0 Å². The van der Waals surface area contributed by atoms with Gasteiger partial charge in [-0.3, -0.25) is 0 Å². The second kappa shape index (κ2) is 19.3. The summed E-state index contributed by atoms with van der Waals surface area (Å²) < 4.78 is 10.2. The van der Waals surface area contributed by atoms with E-state index >= 15 is 0 Å². The van der Waals surface area contributed by atoms with Gasteiger partial charge in [0.05, 0.1) is 32.1 Å². The van der Waals surface area contributed by atoms with Crippen LogP contribution in [0.1, 0.15) is 64.5 Å². The first-order valence-corrected chi connectivity index (χ1v) is 9.55. The van der Waals surface area contributed by atoms with Crippen molar-refractivity contribution in [3.63, 3.8) is 0 Å². The number of methoxy groups -OCH3 is 2. The van der Waals surface area contributed by atoms with Crippen LogP contribution in [0.2, 0.25) is 0 Å². The molecule has 1 unspecified atom stereocenters. The molecule has 1 rings (SSSR count). The normalized spacial score (nSPS) is 10.2. The second-order valence-electron chi connectivity index (χ2n) is 5.69. The Kier molecular flexibility index (Phi) is 19.4. The van der Waals surface area contributed by atoms with E-state index in [1.54, 1.807) is 20.3 Å². The second-order valence-corrected chi connectivity index (χ2v) is 5.69. The number of rotatable bonds is 9. The molecule has 0 fully saturated rings. The average molecular weight is 361 g/mol. The van der Waals surface area contributed by atoms with E-state index in [0.29, 0.717) is 18.6 Å². The van der Waals surface area contributed by atoms with Crippen LogP contribution >= 0.6 is 0 Å². The Balaban J connectivity index is 0. The molecule has 0 heterocycles. The van der Waals surface area contributed by atoms with E-state index in [2.05, 4.69) is 26.0 Å². The molecule has 1 aromatic rings. The molecule has 26 heavy (non-hydrogen) atoms. The Labute approximate surface area is 160 Å². The van der Waals surface area contributed by atoms with Crippen molar-refractivity contribution in [2.75, 3.05) is 20.8 Å². The van der Waals surface area contributed by atoms with E-state index < -0.39 is 0 Å². The third-order valence-corrected chi connectivity index (χ3v) is 3.85. The van der Waals surface area contributed by atoms with Gasteiger partial charge >= 0.3 is 0 Å². The van der Waals surface area contributed by atoms with Crippen molar-refractivity contribution in [3.8, 4) is 17.9 Å². The van der Waals surface area contributed by atoms with Gasteiger partial charge in [-0.2, -0.15) is 10.5 Å². The van der Waals surface area contributed by atoms with Crippen molar-refractivity contribution < 1.29 is 9.47 Å². The molecule has 4 heteroatoms. The highest BCUT2D eigenvalue weighted by molar-refractivity contribution is 5.39. The number of nitrogens with zero attached hydrogens (tertiary/aromatic N) is 2. The fourth-order valence-electron chi connectivity index (χ4n) is 2.36. The Morgan fingerprint density at radius 2 is 1.69 bits per heavy atom. The summed E-state index contributed by atoms with van der Waals surface area (Å²) in [7, 11) is 3.35. The average Bonchev–Trinajstić information content (AvgIpc) is 2.68. The Bertz CT molecular complexity index is 530. The number of hydrogen-bond donors (Lipinski definition) is 0. The highest BCUT2D eigenvalue weighted by Crippen LogP contribution is 2.20. The topological polar surface area (TPSA) is 66.0 Å². The molecule has 0 bridgehead atoms. The number of hydrogen-bond acceptors (Lipinski definition) is 4. The van der Waals surface area contributed by atoms with Gasteiger partial charge in [0.25, 0.3) is 0 Å². The van der Waals surface area contributed by atoms with Crippen LogP contribution in [0.3, 0.4) is 0 Å². The first kappa shape index (κ1) is 26.2. The molecule has 0 amide bonds. The van der Waals surface area contributed by atoms with E-state index in [0.717, 1.165) is 23.7 Å². The first-order chi connectivity index (χ1) is 12.7. The number of ether oxygens (including phenoxy) is 2. The van der Waals surface area contributed by atoms with E-state index in [1.807, 2.05) is 26.0 Å². The van der Waals surface area contributed by atoms with Gasteiger partial charge in [-0.25, -0.2) is 0 Å². The lowest BCUT2D eigenvalue weighted by Gasteiger charge is -2.11. The predicted octanol–water partition coefficient (Wildman–Crippen LogP) is 5.70. The molecule has 0 aliphatic rings. The summed E-state index contributed by atoms with van der Waals surface area (Å²) in [5, 5.41) is 17.1. The summed E-state index contributed by atoms with van der Waals surface area (Å²) in [4.78, 5) is 0. The zero-order valence-corrected chi connectivity index (χ0v) is 17.5. The molecule has 146 valence electrons. The van der Waals surface area contributed by atoms with Crippen LogP contribution in [0.4, 0.5) is 0 Å². The van der Waals surface area contributed by atoms with Gasteiger partial charge in [0.2, 0.25) is 0 Å². The van der Waals surface area contributed by atoms with Gasteiger partial charge in [0, 0.05) is 19.3 Å². The molecule has 0 saturated heterocycles. The van der Waals surface area contributed by atoms with Crippen LogP contribution < -0.4 is 4.74 Å². The monoisotopic (exact) mass is 360 g/mol. The predicted molar refractivity (Wildman–Crippen MR) is 108 cm³/mol. The van der Waals surface area contributed by atoms with E-state index in [-0.39, 0.29) is 0 Å². The summed E-state index contributed by atoms with van der Waals surface area (Å²) in [5.74, 6) is 1.48. The van der Waals surface area contributed by atoms with Gasteiger partial charge in [0.15, 0.2) is 0 Å². The van der Waals surface area contributed by atoms with Crippen molar-refractivity contribution in [1.29, 1.82) is 10.5 Å².